The number of hydrogen-bond donors (Lipinski definition) is 2. The van der Waals surface area contributed by atoms with Crippen LogP contribution in [-0.4, -0.2) is 25.5 Å². The Morgan fingerprint density at radius 2 is 1.85 bits per heavy atom. The van der Waals surface area contributed by atoms with Crippen molar-refractivity contribution >= 4 is 11.6 Å². The number of fused-ring (bicyclic) bond motifs is 1. The molecule has 1 saturated heterocycles. The molecule has 0 spiro atoms. The number of carbonyl (C=O) groups is 1. The van der Waals surface area contributed by atoms with Gasteiger partial charge in [0.1, 0.15) is 0 Å². The number of piperidine rings is 1. The maximum Gasteiger partial charge on any atom is 0.279 e. The van der Waals surface area contributed by atoms with Gasteiger partial charge in [0.25, 0.3) is 5.91 Å². The van der Waals surface area contributed by atoms with Gasteiger partial charge in [0.2, 0.25) is 0 Å². The summed E-state index contributed by atoms with van der Waals surface area (Å²) in [7, 11) is 0. The quantitative estimate of drug-likeness (QED) is 0.864. The minimum Gasteiger partial charge on any atom is -0.327 e. The van der Waals surface area contributed by atoms with Crippen molar-refractivity contribution in [3.05, 3.63) is 30.3 Å². The second-order valence-electron chi connectivity index (χ2n) is 6.39. The van der Waals surface area contributed by atoms with Gasteiger partial charge in [-0.05, 0) is 37.3 Å². The summed E-state index contributed by atoms with van der Waals surface area (Å²) in [5, 5.41) is 3.00. The topological polar surface area (TPSA) is 33.5 Å². The van der Waals surface area contributed by atoms with Crippen molar-refractivity contribution in [1.29, 1.82) is 0 Å². The summed E-state index contributed by atoms with van der Waals surface area (Å²) in [6, 6.07) is 9.77. The van der Waals surface area contributed by atoms with Crippen LogP contribution in [0.1, 0.15) is 32.1 Å². The van der Waals surface area contributed by atoms with E-state index in [1.807, 2.05) is 30.3 Å². The van der Waals surface area contributed by atoms with Crippen LogP contribution in [0.15, 0.2) is 30.3 Å². The summed E-state index contributed by atoms with van der Waals surface area (Å²) in [6.45, 7) is 2.99. The Morgan fingerprint density at radius 1 is 1.10 bits per heavy atom. The van der Waals surface area contributed by atoms with Gasteiger partial charge in [-0.3, -0.25) is 4.79 Å². The molecule has 1 amide bonds. The minimum atomic E-state index is 0.153. The molecule has 2 aliphatic rings. The van der Waals surface area contributed by atoms with Crippen molar-refractivity contribution in [2.75, 3.05) is 25.0 Å². The standard InChI is InChI=1S/C17H24N2O/c20-17(18-16-8-2-1-3-9-16)13-19-11-10-14-6-4-5-7-15(14)12-19/h1-3,8-9,14-15H,4-7,10-13H2,(H,18,20)/p+1/t14-,15+/m0/s1. The zero-order valence-electron chi connectivity index (χ0n) is 12.1. The molecule has 3 rings (SSSR count). The van der Waals surface area contributed by atoms with Crippen molar-refractivity contribution in [3.63, 3.8) is 0 Å². The number of amides is 1. The fraction of sp³-hybridized carbons (Fsp3) is 0.588. The highest BCUT2D eigenvalue weighted by Crippen LogP contribution is 2.32. The molecule has 1 saturated carbocycles. The third-order valence-electron chi connectivity index (χ3n) is 4.95. The average molecular weight is 273 g/mol. The molecule has 0 radical (unpaired) electrons. The van der Waals surface area contributed by atoms with E-state index in [2.05, 4.69) is 5.32 Å². The van der Waals surface area contributed by atoms with E-state index in [0.29, 0.717) is 6.54 Å². The molecular weight excluding hydrogens is 248 g/mol. The molecule has 3 atom stereocenters. The first kappa shape index (κ1) is 13.6. The Bertz CT molecular complexity index is 446. The minimum absolute atomic E-state index is 0.153. The molecule has 2 N–H and O–H groups in total. The smallest absolute Gasteiger partial charge is 0.279 e. The van der Waals surface area contributed by atoms with Gasteiger partial charge in [-0.2, -0.15) is 0 Å². The average Bonchev–Trinajstić information content (AvgIpc) is 2.48. The van der Waals surface area contributed by atoms with Gasteiger partial charge in [-0.25, -0.2) is 0 Å². The van der Waals surface area contributed by atoms with Crippen molar-refractivity contribution in [2.24, 2.45) is 11.8 Å². The normalized spacial score (nSPS) is 29.5. The van der Waals surface area contributed by atoms with Crippen LogP contribution in [0, 0.1) is 11.8 Å². The number of carbonyl (C=O) groups excluding carboxylic acids is 1. The van der Waals surface area contributed by atoms with E-state index >= 15 is 0 Å². The molecule has 2 fully saturated rings. The molecule has 0 bridgehead atoms. The lowest BCUT2D eigenvalue weighted by atomic mass is 9.75. The second-order valence-corrected chi connectivity index (χ2v) is 6.39. The van der Waals surface area contributed by atoms with Crippen LogP contribution in [0.25, 0.3) is 0 Å². The Labute approximate surface area is 121 Å². The number of quaternary nitrogens is 1. The van der Waals surface area contributed by atoms with E-state index in [4.69, 9.17) is 0 Å². The summed E-state index contributed by atoms with van der Waals surface area (Å²) in [5.74, 6) is 1.97. The third kappa shape index (κ3) is 3.40. The van der Waals surface area contributed by atoms with Crippen molar-refractivity contribution in [1.82, 2.24) is 0 Å². The third-order valence-corrected chi connectivity index (χ3v) is 4.95. The zero-order chi connectivity index (χ0) is 13.8. The number of likely N-dealkylation sites (tertiary alicyclic amines) is 1. The van der Waals surface area contributed by atoms with Crippen LogP contribution >= 0.6 is 0 Å². The molecule has 1 aliphatic carbocycles. The van der Waals surface area contributed by atoms with Gasteiger partial charge in [0.15, 0.2) is 6.54 Å². The molecule has 20 heavy (non-hydrogen) atoms. The van der Waals surface area contributed by atoms with E-state index in [9.17, 15) is 4.79 Å². The summed E-state index contributed by atoms with van der Waals surface area (Å²) < 4.78 is 0. The number of para-hydroxylation sites is 1. The lowest BCUT2D eigenvalue weighted by Crippen LogP contribution is -3.15. The molecule has 1 heterocycles. The molecule has 1 aliphatic heterocycles. The summed E-state index contributed by atoms with van der Waals surface area (Å²) in [5.41, 5.74) is 0.907. The summed E-state index contributed by atoms with van der Waals surface area (Å²) in [6.07, 6.45) is 6.94. The van der Waals surface area contributed by atoms with E-state index in [0.717, 1.165) is 17.5 Å². The van der Waals surface area contributed by atoms with Gasteiger partial charge in [0.05, 0.1) is 13.1 Å². The number of rotatable bonds is 3. The SMILES string of the molecule is O=C(C[NH+]1CC[C@@H]2CCCC[C@@H]2C1)Nc1ccccc1. The molecule has 1 aromatic rings. The first-order valence-corrected chi connectivity index (χ1v) is 8.00. The molecule has 1 aromatic carbocycles. The second kappa shape index (κ2) is 6.40. The maximum atomic E-state index is 12.1. The van der Waals surface area contributed by atoms with E-state index < -0.39 is 0 Å². The Morgan fingerprint density at radius 3 is 2.65 bits per heavy atom. The Balaban J connectivity index is 1.49. The number of anilines is 1. The molecule has 3 nitrogen and oxygen atoms in total. The molecule has 1 unspecified atom stereocenters. The fourth-order valence-electron chi connectivity index (χ4n) is 3.91. The van der Waals surface area contributed by atoms with Gasteiger partial charge in [-0.15, -0.1) is 0 Å². The van der Waals surface area contributed by atoms with Gasteiger partial charge < -0.3 is 10.2 Å². The van der Waals surface area contributed by atoms with Crippen LogP contribution < -0.4 is 10.2 Å². The predicted molar refractivity (Wildman–Crippen MR) is 80.7 cm³/mol. The van der Waals surface area contributed by atoms with Crippen LogP contribution in [0.4, 0.5) is 5.69 Å². The Hall–Kier alpha value is -1.35. The number of benzene rings is 1. The van der Waals surface area contributed by atoms with Crippen LogP contribution in [0.2, 0.25) is 0 Å². The van der Waals surface area contributed by atoms with Crippen LogP contribution in [0.5, 0.6) is 0 Å². The lowest BCUT2D eigenvalue weighted by molar-refractivity contribution is -0.902. The summed E-state index contributed by atoms with van der Waals surface area (Å²) >= 11 is 0. The van der Waals surface area contributed by atoms with Crippen molar-refractivity contribution < 1.29 is 9.69 Å². The molecule has 3 heteroatoms. The largest absolute Gasteiger partial charge is 0.327 e. The van der Waals surface area contributed by atoms with Crippen molar-refractivity contribution in [2.45, 2.75) is 32.1 Å². The van der Waals surface area contributed by atoms with Gasteiger partial charge in [-0.1, -0.05) is 31.0 Å². The number of hydrogen-bond acceptors (Lipinski definition) is 1. The predicted octanol–water partition coefficient (Wildman–Crippen LogP) is 1.72. The molecule has 0 aromatic heterocycles. The first-order valence-electron chi connectivity index (χ1n) is 8.00. The van der Waals surface area contributed by atoms with Gasteiger partial charge >= 0.3 is 0 Å². The maximum absolute atomic E-state index is 12.1. The fourth-order valence-corrected chi connectivity index (χ4v) is 3.91. The van der Waals surface area contributed by atoms with E-state index in [1.54, 1.807) is 0 Å². The van der Waals surface area contributed by atoms with Crippen LogP contribution in [-0.2, 0) is 4.79 Å². The van der Waals surface area contributed by atoms with Gasteiger partial charge in [0, 0.05) is 11.6 Å². The zero-order valence-corrected chi connectivity index (χ0v) is 12.1. The highest BCUT2D eigenvalue weighted by atomic mass is 16.2. The first-order chi connectivity index (χ1) is 9.81. The Kier molecular flexibility index (Phi) is 4.36. The van der Waals surface area contributed by atoms with Crippen LogP contribution in [0.3, 0.4) is 0 Å². The summed E-state index contributed by atoms with van der Waals surface area (Å²) in [4.78, 5) is 13.6. The highest BCUT2D eigenvalue weighted by Gasteiger charge is 2.34. The molecular formula is C17H25N2O+. The number of nitrogens with one attached hydrogen (secondary N) is 2. The molecule has 108 valence electrons. The van der Waals surface area contributed by atoms with E-state index in [-0.39, 0.29) is 5.91 Å². The monoisotopic (exact) mass is 273 g/mol. The highest BCUT2D eigenvalue weighted by molar-refractivity contribution is 5.91. The van der Waals surface area contributed by atoms with Crippen molar-refractivity contribution in [3.8, 4) is 0 Å². The van der Waals surface area contributed by atoms with E-state index in [1.165, 1.54) is 50.1 Å². The lowest BCUT2D eigenvalue weighted by Gasteiger charge is -2.38.